The molecule has 8 bridgehead atoms. The van der Waals surface area contributed by atoms with Crippen molar-refractivity contribution < 1.29 is 0 Å². The fourth-order valence-corrected chi connectivity index (χ4v) is 6.76. The molecule has 1 N–H and O–H groups in total. The lowest BCUT2D eigenvalue weighted by Gasteiger charge is -2.27. The number of aliphatic imine (C=N–C) groups is 1. The Balaban J connectivity index is 1.34. The first-order valence-corrected chi connectivity index (χ1v) is 16.9. The summed E-state index contributed by atoms with van der Waals surface area (Å²) in [6.07, 6.45) is -0.238. The van der Waals surface area contributed by atoms with Crippen LogP contribution in [0.3, 0.4) is 0 Å². The van der Waals surface area contributed by atoms with Gasteiger partial charge in [0, 0.05) is 29.3 Å². The molecule has 7 aromatic rings. The van der Waals surface area contributed by atoms with Crippen molar-refractivity contribution in [3.8, 4) is 33.4 Å². The Morgan fingerprint density at radius 3 is 1.82 bits per heavy atom. The highest BCUT2D eigenvalue weighted by molar-refractivity contribution is 5.98. The van der Waals surface area contributed by atoms with Crippen LogP contribution in [0.2, 0.25) is 0 Å². The standard InChI is InChI=1S/C46H37N3/c1-33(35-14-5-2-6-15-35)48-46-40-21-11-18-37(29-40)38-19-12-24-42(30-38)49(41-22-9-4-10-23-41)43-25-13-20-39(31-43)45-28-34(32-47-46)26-27-44(45)36-16-7-3-8-17-36/h2-31,46-47H,32H2,1H3/b48-33+. The number of para-hydroxylation sites is 1. The molecule has 3 nitrogen and oxygen atoms in total. The summed E-state index contributed by atoms with van der Waals surface area (Å²) in [5.41, 5.74) is 14.8. The molecule has 7 aromatic carbocycles. The van der Waals surface area contributed by atoms with E-state index in [1.54, 1.807) is 0 Å². The van der Waals surface area contributed by atoms with Crippen LogP contribution < -0.4 is 10.2 Å². The molecule has 1 aliphatic heterocycles. The molecule has 0 aromatic heterocycles. The number of rotatable bonds is 4. The van der Waals surface area contributed by atoms with Crippen molar-refractivity contribution in [2.75, 3.05) is 4.90 Å². The van der Waals surface area contributed by atoms with Gasteiger partial charge in [-0.1, -0.05) is 133 Å². The van der Waals surface area contributed by atoms with Crippen molar-refractivity contribution >= 4 is 22.8 Å². The van der Waals surface area contributed by atoms with Crippen LogP contribution >= 0.6 is 0 Å². The lowest BCUT2D eigenvalue weighted by atomic mass is 9.92. The van der Waals surface area contributed by atoms with Gasteiger partial charge in [-0.15, -0.1) is 0 Å². The average Bonchev–Trinajstić information content (AvgIpc) is 3.17. The van der Waals surface area contributed by atoms with Gasteiger partial charge in [-0.2, -0.15) is 0 Å². The second kappa shape index (κ2) is 13.6. The first kappa shape index (κ1) is 30.3. The predicted octanol–water partition coefficient (Wildman–Crippen LogP) is 11.8. The first-order chi connectivity index (χ1) is 24.2. The average molecular weight is 632 g/mol. The zero-order chi connectivity index (χ0) is 33.0. The van der Waals surface area contributed by atoms with E-state index in [0.29, 0.717) is 6.54 Å². The minimum Gasteiger partial charge on any atom is -0.310 e. The van der Waals surface area contributed by atoms with E-state index in [0.717, 1.165) is 45.0 Å². The third-order valence-electron chi connectivity index (χ3n) is 9.25. The largest absolute Gasteiger partial charge is 0.310 e. The molecule has 0 saturated heterocycles. The second-order valence-electron chi connectivity index (χ2n) is 12.5. The van der Waals surface area contributed by atoms with E-state index in [1.807, 2.05) is 6.07 Å². The lowest BCUT2D eigenvalue weighted by molar-refractivity contribution is 0.555. The highest BCUT2D eigenvalue weighted by atomic mass is 15.1. The molecule has 0 radical (unpaired) electrons. The van der Waals surface area contributed by atoms with E-state index in [-0.39, 0.29) is 6.17 Å². The lowest BCUT2D eigenvalue weighted by Crippen LogP contribution is -2.21. The van der Waals surface area contributed by atoms with E-state index in [2.05, 4.69) is 193 Å². The summed E-state index contributed by atoms with van der Waals surface area (Å²) in [4.78, 5) is 7.64. The molecule has 8 rings (SSSR count). The number of anilines is 3. The van der Waals surface area contributed by atoms with Crippen molar-refractivity contribution in [2.24, 2.45) is 4.99 Å². The van der Waals surface area contributed by atoms with Crippen molar-refractivity contribution in [2.45, 2.75) is 19.6 Å². The van der Waals surface area contributed by atoms with Crippen LogP contribution in [-0.4, -0.2) is 5.71 Å². The van der Waals surface area contributed by atoms with Gasteiger partial charge in [0.1, 0.15) is 6.17 Å². The molecule has 0 fully saturated rings. The summed E-state index contributed by atoms with van der Waals surface area (Å²) in [6.45, 7) is 2.76. The third-order valence-corrected chi connectivity index (χ3v) is 9.25. The molecule has 0 aliphatic carbocycles. The molecule has 3 heteroatoms. The summed E-state index contributed by atoms with van der Waals surface area (Å²) in [7, 11) is 0. The summed E-state index contributed by atoms with van der Waals surface area (Å²) in [5.74, 6) is 0. The van der Waals surface area contributed by atoms with Crippen molar-refractivity contribution in [1.82, 2.24) is 5.32 Å². The van der Waals surface area contributed by atoms with Crippen molar-refractivity contribution in [1.29, 1.82) is 0 Å². The minimum absolute atomic E-state index is 0.238. The monoisotopic (exact) mass is 631 g/mol. The third kappa shape index (κ3) is 6.45. The molecule has 0 amide bonds. The quantitative estimate of drug-likeness (QED) is 0.196. The van der Waals surface area contributed by atoms with Gasteiger partial charge in [0.15, 0.2) is 0 Å². The van der Waals surface area contributed by atoms with E-state index in [9.17, 15) is 0 Å². The normalized spacial score (nSPS) is 14.3. The Labute approximate surface area is 288 Å². The van der Waals surface area contributed by atoms with E-state index < -0.39 is 0 Å². The van der Waals surface area contributed by atoms with Crippen LogP contribution in [0, 0.1) is 0 Å². The van der Waals surface area contributed by atoms with E-state index in [4.69, 9.17) is 4.99 Å². The Bertz CT molecular complexity index is 2240. The van der Waals surface area contributed by atoms with Crippen LogP contribution in [0.15, 0.2) is 187 Å². The molecule has 1 unspecified atom stereocenters. The first-order valence-electron chi connectivity index (χ1n) is 16.9. The number of hydrogen-bond acceptors (Lipinski definition) is 3. The van der Waals surface area contributed by atoms with Crippen molar-refractivity contribution in [3.05, 3.63) is 199 Å². The zero-order valence-electron chi connectivity index (χ0n) is 27.5. The fourth-order valence-electron chi connectivity index (χ4n) is 6.76. The SMILES string of the molecule is C/C(=N\C1NCc2ccc(-c3ccccc3)c(c2)-c2cccc(c2)N(c2ccccc2)c2cccc(c2)-c2cccc1c2)c1ccccc1. The zero-order valence-corrected chi connectivity index (χ0v) is 27.5. The summed E-state index contributed by atoms with van der Waals surface area (Å²) in [5, 5.41) is 3.83. The van der Waals surface area contributed by atoms with Crippen LogP contribution in [-0.2, 0) is 6.54 Å². The number of benzene rings is 7. The highest BCUT2D eigenvalue weighted by Crippen LogP contribution is 2.40. The maximum absolute atomic E-state index is 5.29. The molecule has 0 spiro atoms. The van der Waals surface area contributed by atoms with Gasteiger partial charge in [0.05, 0.1) is 0 Å². The second-order valence-corrected chi connectivity index (χ2v) is 12.5. The topological polar surface area (TPSA) is 27.6 Å². The molecule has 0 saturated carbocycles. The molecule has 1 atom stereocenters. The Hall–Kier alpha value is -6.03. The van der Waals surface area contributed by atoms with Gasteiger partial charge in [-0.3, -0.25) is 10.3 Å². The van der Waals surface area contributed by atoms with Gasteiger partial charge < -0.3 is 4.90 Å². The Kier molecular flexibility index (Phi) is 8.41. The van der Waals surface area contributed by atoms with Gasteiger partial charge in [-0.25, -0.2) is 0 Å². The number of hydrogen-bond donors (Lipinski definition) is 1. The van der Waals surface area contributed by atoms with Crippen LogP contribution in [0.5, 0.6) is 0 Å². The van der Waals surface area contributed by atoms with Gasteiger partial charge in [-0.05, 0) is 106 Å². The van der Waals surface area contributed by atoms with E-state index >= 15 is 0 Å². The molecule has 1 heterocycles. The molecular formula is C46H37N3. The summed E-state index contributed by atoms with van der Waals surface area (Å²) >= 11 is 0. The minimum atomic E-state index is -0.238. The number of nitrogens with zero attached hydrogens (tertiary/aromatic N) is 2. The van der Waals surface area contributed by atoms with Crippen LogP contribution in [0.25, 0.3) is 33.4 Å². The fraction of sp³-hybridized carbons (Fsp3) is 0.0652. The molecular weight excluding hydrogens is 595 g/mol. The summed E-state index contributed by atoms with van der Waals surface area (Å²) in [6, 6.07) is 65.2. The maximum atomic E-state index is 5.29. The van der Waals surface area contributed by atoms with Gasteiger partial charge in [0.25, 0.3) is 0 Å². The van der Waals surface area contributed by atoms with Crippen LogP contribution in [0.4, 0.5) is 17.1 Å². The summed E-state index contributed by atoms with van der Waals surface area (Å²) < 4.78 is 0. The molecule has 236 valence electrons. The predicted molar refractivity (Wildman–Crippen MR) is 206 cm³/mol. The number of nitrogens with one attached hydrogen (secondary N) is 1. The molecule has 49 heavy (non-hydrogen) atoms. The Morgan fingerprint density at radius 1 is 0.510 bits per heavy atom. The molecule has 1 aliphatic rings. The number of fused-ring (bicyclic) bond motifs is 10. The maximum Gasteiger partial charge on any atom is 0.126 e. The van der Waals surface area contributed by atoms with Gasteiger partial charge >= 0.3 is 0 Å². The van der Waals surface area contributed by atoms with Gasteiger partial charge in [0.2, 0.25) is 0 Å². The Morgan fingerprint density at radius 2 is 1.08 bits per heavy atom. The smallest absolute Gasteiger partial charge is 0.126 e. The van der Waals surface area contributed by atoms with Crippen LogP contribution in [0.1, 0.15) is 29.8 Å². The highest BCUT2D eigenvalue weighted by Gasteiger charge is 2.18. The van der Waals surface area contributed by atoms with Crippen molar-refractivity contribution in [3.63, 3.8) is 0 Å². The van der Waals surface area contributed by atoms with E-state index in [1.165, 1.54) is 27.8 Å².